The van der Waals surface area contributed by atoms with Gasteiger partial charge in [-0.1, -0.05) is 39.0 Å². The monoisotopic (exact) mass is 467 g/mol. The van der Waals surface area contributed by atoms with Crippen molar-refractivity contribution in [3.05, 3.63) is 79.0 Å². The summed E-state index contributed by atoms with van der Waals surface area (Å²) in [4.78, 5) is 25.4. The summed E-state index contributed by atoms with van der Waals surface area (Å²) in [5.74, 6) is 0.908. The van der Waals surface area contributed by atoms with Crippen molar-refractivity contribution in [3.63, 3.8) is 0 Å². The summed E-state index contributed by atoms with van der Waals surface area (Å²) in [5, 5.41) is 10.5. The number of nitrogens with two attached hydrogens (primary N) is 1. The number of fused-ring (bicyclic) bond motifs is 1. The summed E-state index contributed by atoms with van der Waals surface area (Å²) in [6, 6.07) is 18.6. The first kappa shape index (κ1) is 22.1. The second-order valence-electron chi connectivity index (χ2n) is 9.08. The van der Waals surface area contributed by atoms with Crippen LogP contribution < -0.4 is 16.4 Å². The van der Waals surface area contributed by atoms with E-state index in [2.05, 4.69) is 46.4 Å². The van der Waals surface area contributed by atoms with Crippen molar-refractivity contribution in [2.45, 2.75) is 26.2 Å². The quantitative estimate of drug-likeness (QED) is 0.356. The van der Waals surface area contributed by atoms with Gasteiger partial charge in [-0.3, -0.25) is 9.88 Å². The summed E-state index contributed by atoms with van der Waals surface area (Å²) < 4.78 is 3.55. The number of benzene rings is 2. The minimum absolute atomic E-state index is 0.171. The molecule has 0 atom stereocenters. The molecule has 5 aromatic rings. The van der Waals surface area contributed by atoms with Crippen LogP contribution in [0.5, 0.6) is 0 Å². The average Bonchev–Trinajstić information content (AvgIpc) is 3.46. The van der Waals surface area contributed by atoms with Crippen LogP contribution in [0.15, 0.2) is 73.3 Å². The highest BCUT2D eigenvalue weighted by Crippen LogP contribution is 2.26. The number of carbonyl (C=O) groups excluding carboxylic acids is 1. The lowest BCUT2D eigenvalue weighted by Gasteiger charge is -2.14. The molecule has 3 aromatic heterocycles. The zero-order valence-electron chi connectivity index (χ0n) is 19.6. The van der Waals surface area contributed by atoms with Crippen molar-refractivity contribution in [1.82, 2.24) is 29.3 Å². The molecule has 0 saturated heterocycles. The maximum Gasteiger partial charge on any atom is 0.324 e. The number of amides is 2. The lowest BCUT2D eigenvalue weighted by atomic mass is 9.92. The molecule has 2 amide bonds. The van der Waals surface area contributed by atoms with Crippen molar-refractivity contribution in [2.24, 2.45) is 0 Å². The van der Waals surface area contributed by atoms with Crippen LogP contribution in [0, 0.1) is 0 Å². The summed E-state index contributed by atoms with van der Waals surface area (Å²) in [7, 11) is 0. The van der Waals surface area contributed by atoms with Gasteiger partial charge in [0.15, 0.2) is 17.0 Å². The molecule has 0 radical (unpaired) electrons. The fourth-order valence-electron chi connectivity index (χ4n) is 3.63. The fraction of sp³-hybridized carbons (Fsp3) is 0.160. The number of hydrogen-bond acceptors (Lipinski definition) is 6. The van der Waals surface area contributed by atoms with Gasteiger partial charge in [0, 0.05) is 22.9 Å². The molecule has 4 N–H and O–H groups in total. The minimum atomic E-state index is -0.371. The van der Waals surface area contributed by atoms with Crippen LogP contribution in [0.3, 0.4) is 0 Å². The highest BCUT2D eigenvalue weighted by atomic mass is 16.2. The molecule has 35 heavy (non-hydrogen) atoms. The Bertz CT molecular complexity index is 1500. The Morgan fingerprint density at radius 2 is 1.66 bits per heavy atom. The number of rotatable bonds is 4. The van der Waals surface area contributed by atoms with E-state index in [4.69, 9.17) is 10.8 Å². The second kappa shape index (κ2) is 8.56. The molecule has 0 saturated carbocycles. The maximum atomic E-state index is 12.8. The largest absolute Gasteiger partial charge is 0.382 e. The number of aromatic nitrogens is 6. The number of nitrogens with one attached hydrogen (secondary N) is 2. The van der Waals surface area contributed by atoms with Crippen molar-refractivity contribution in [2.75, 3.05) is 16.4 Å². The highest BCUT2D eigenvalue weighted by molar-refractivity contribution is 5.99. The number of nitrogen functional groups attached to an aromatic ring is 1. The molecule has 0 fully saturated rings. The molecule has 5 rings (SSSR count). The van der Waals surface area contributed by atoms with E-state index in [1.54, 1.807) is 23.1 Å². The Balaban J connectivity index is 1.35. The Labute approximate surface area is 201 Å². The van der Waals surface area contributed by atoms with Gasteiger partial charge in [-0.2, -0.15) is 5.10 Å². The average molecular weight is 468 g/mol. The Kier molecular flexibility index (Phi) is 5.40. The van der Waals surface area contributed by atoms with Crippen molar-refractivity contribution >= 4 is 34.5 Å². The molecule has 0 bridgehead atoms. The van der Waals surface area contributed by atoms with Crippen molar-refractivity contribution in [3.8, 4) is 11.4 Å². The van der Waals surface area contributed by atoms with Crippen molar-refractivity contribution in [1.29, 1.82) is 0 Å². The SMILES string of the molecule is CC(C)(C)c1cc(NC(=O)Nc2ccc(-n3cnc4c(N)ncnc43)cc2)n(-c2ccccc2)n1. The van der Waals surface area contributed by atoms with Gasteiger partial charge >= 0.3 is 6.03 Å². The molecule has 0 aliphatic heterocycles. The topological polar surface area (TPSA) is 129 Å². The molecular weight excluding hydrogens is 442 g/mol. The third kappa shape index (κ3) is 4.41. The zero-order chi connectivity index (χ0) is 24.6. The molecular formula is C25H25N9O. The number of carbonyl (C=O) groups is 1. The van der Waals surface area contributed by atoms with Crippen LogP contribution in [0.1, 0.15) is 26.5 Å². The third-order valence-corrected chi connectivity index (χ3v) is 5.49. The van der Waals surface area contributed by atoms with E-state index in [9.17, 15) is 4.79 Å². The van der Waals surface area contributed by atoms with Gasteiger partial charge in [0.05, 0.1) is 11.4 Å². The Morgan fingerprint density at radius 3 is 2.37 bits per heavy atom. The molecule has 0 spiro atoms. The molecule has 3 heterocycles. The number of imidazole rings is 1. The number of para-hydroxylation sites is 1. The smallest absolute Gasteiger partial charge is 0.324 e. The molecule has 0 unspecified atom stereocenters. The molecule has 10 heteroatoms. The van der Waals surface area contributed by atoms with E-state index in [0.717, 1.165) is 17.1 Å². The highest BCUT2D eigenvalue weighted by Gasteiger charge is 2.21. The number of anilines is 3. The number of hydrogen-bond donors (Lipinski definition) is 3. The molecule has 0 aliphatic rings. The van der Waals surface area contributed by atoms with E-state index in [1.165, 1.54) is 6.33 Å². The first-order chi connectivity index (χ1) is 16.8. The van der Waals surface area contributed by atoms with Gasteiger partial charge in [-0.25, -0.2) is 24.4 Å². The van der Waals surface area contributed by atoms with Gasteiger partial charge in [0.2, 0.25) is 0 Å². The predicted octanol–water partition coefficient (Wildman–Crippen LogP) is 4.52. The van der Waals surface area contributed by atoms with Crippen LogP contribution in [-0.4, -0.2) is 35.3 Å². The van der Waals surface area contributed by atoms with Crippen LogP contribution in [0.25, 0.3) is 22.5 Å². The van der Waals surface area contributed by atoms with Gasteiger partial charge < -0.3 is 11.1 Å². The van der Waals surface area contributed by atoms with Gasteiger partial charge in [-0.15, -0.1) is 0 Å². The molecule has 176 valence electrons. The summed E-state index contributed by atoms with van der Waals surface area (Å²) in [5.41, 5.74) is 10.0. The van der Waals surface area contributed by atoms with Crippen LogP contribution in [0.2, 0.25) is 0 Å². The van der Waals surface area contributed by atoms with Crippen LogP contribution in [-0.2, 0) is 5.41 Å². The molecule has 2 aromatic carbocycles. The first-order valence-electron chi connectivity index (χ1n) is 11.1. The summed E-state index contributed by atoms with van der Waals surface area (Å²) >= 11 is 0. The van der Waals surface area contributed by atoms with Crippen LogP contribution >= 0.6 is 0 Å². The summed E-state index contributed by atoms with van der Waals surface area (Å²) in [6.07, 6.45) is 3.05. The van der Waals surface area contributed by atoms with E-state index >= 15 is 0 Å². The third-order valence-electron chi connectivity index (χ3n) is 5.49. The van der Waals surface area contributed by atoms with E-state index < -0.39 is 0 Å². The van der Waals surface area contributed by atoms with Gasteiger partial charge in [0.25, 0.3) is 0 Å². The van der Waals surface area contributed by atoms with E-state index in [-0.39, 0.29) is 11.4 Å². The minimum Gasteiger partial charge on any atom is -0.382 e. The van der Waals surface area contributed by atoms with Gasteiger partial charge in [-0.05, 0) is 36.4 Å². The van der Waals surface area contributed by atoms with Crippen molar-refractivity contribution < 1.29 is 4.79 Å². The molecule has 0 aliphatic carbocycles. The number of urea groups is 1. The van der Waals surface area contributed by atoms with E-state index in [0.29, 0.717) is 28.5 Å². The van der Waals surface area contributed by atoms with Gasteiger partial charge in [0.1, 0.15) is 18.5 Å². The van der Waals surface area contributed by atoms with Crippen LogP contribution in [0.4, 0.5) is 22.1 Å². The lowest BCUT2D eigenvalue weighted by molar-refractivity contribution is 0.262. The Hall–Kier alpha value is -4.73. The summed E-state index contributed by atoms with van der Waals surface area (Å²) in [6.45, 7) is 6.25. The standard InChI is InChI=1S/C25H25N9O/c1-25(2,3)19-13-20(34(32-19)18-7-5-4-6-8-18)31-24(35)30-16-9-11-17(12-10-16)33-15-29-21-22(26)27-14-28-23(21)33/h4-15H,1-3H3,(H2,26,27,28)(H2,30,31,35). The maximum absolute atomic E-state index is 12.8. The van der Waals surface area contributed by atoms with E-state index in [1.807, 2.05) is 53.1 Å². The zero-order valence-corrected chi connectivity index (χ0v) is 19.6. The normalized spacial score (nSPS) is 11.5. The second-order valence-corrected chi connectivity index (χ2v) is 9.08. The Morgan fingerprint density at radius 1 is 0.914 bits per heavy atom. The lowest BCUT2D eigenvalue weighted by Crippen LogP contribution is -2.21. The predicted molar refractivity (Wildman–Crippen MR) is 136 cm³/mol. The number of nitrogens with zero attached hydrogens (tertiary/aromatic N) is 6. The first-order valence-corrected chi connectivity index (χ1v) is 11.1. The molecule has 10 nitrogen and oxygen atoms in total. The fourth-order valence-corrected chi connectivity index (χ4v) is 3.63.